The average Bonchev–Trinajstić information content (AvgIpc) is 2.74. The minimum Gasteiger partial charge on any atom is -0.477 e. The van der Waals surface area contributed by atoms with Crippen LogP contribution >= 0.6 is 11.3 Å². The van der Waals surface area contributed by atoms with Gasteiger partial charge in [-0.2, -0.15) is 4.31 Å². The normalized spacial score (nSPS) is 12.6. The summed E-state index contributed by atoms with van der Waals surface area (Å²) in [6.07, 6.45) is 0. The highest BCUT2D eigenvalue weighted by atomic mass is 32.2. The van der Waals surface area contributed by atoms with Gasteiger partial charge in [-0.15, -0.1) is 11.3 Å². The van der Waals surface area contributed by atoms with E-state index in [1.54, 1.807) is 13.8 Å². The summed E-state index contributed by atoms with van der Waals surface area (Å²) in [5.74, 6) is -1.04. The molecule has 5 nitrogen and oxygen atoms in total. The average molecular weight is 305 g/mol. The van der Waals surface area contributed by atoms with Gasteiger partial charge >= 0.3 is 5.97 Å². The molecule has 0 aliphatic heterocycles. The molecule has 1 rings (SSSR count). The molecule has 0 fully saturated rings. The van der Waals surface area contributed by atoms with E-state index in [1.807, 2.05) is 13.8 Å². The first-order valence-corrected chi connectivity index (χ1v) is 8.32. The molecule has 0 aromatic carbocycles. The van der Waals surface area contributed by atoms with Crippen molar-refractivity contribution < 1.29 is 18.3 Å². The Morgan fingerprint density at radius 2 is 1.95 bits per heavy atom. The van der Waals surface area contributed by atoms with Crippen molar-refractivity contribution in [2.75, 3.05) is 6.54 Å². The third kappa shape index (κ3) is 3.55. The molecule has 0 atom stereocenters. The number of carboxylic acid groups (broad SMARTS) is 1. The van der Waals surface area contributed by atoms with Crippen LogP contribution in [-0.2, 0) is 10.0 Å². The van der Waals surface area contributed by atoms with E-state index in [0.29, 0.717) is 6.54 Å². The third-order valence-corrected chi connectivity index (χ3v) is 5.65. The molecule has 1 aromatic rings. The molecule has 0 saturated heterocycles. The van der Waals surface area contributed by atoms with Gasteiger partial charge in [0.15, 0.2) is 0 Å². The lowest BCUT2D eigenvalue weighted by Crippen LogP contribution is -2.39. The molecule has 0 amide bonds. The van der Waals surface area contributed by atoms with Gasteiger partial charge in [0.05, 0.1) is 0 Å². The van der Waals surface area contributed by atoms with Gasteiger partial charge in [-0.3, -0.25) is 0 Å². The van der Waals surface area contributed by atoms with Gasteiger partial charge in [-0.1, -0.05) is 13.8 Å². The number of sulfonamides is 1. The molecule has 1 N–H and O–H groups in total. The van der Waals surface area contributed by atoms with Crippen LogP contribution in [0.2, 0.25) is 0 Å². The monoisotopic (exact) mass is 305 g/mol. The molecule has 108 valence electrons. The molecule has 1 aromatic heterocycles. The Morgan fingerprint density at radius 1 is 1.37 bits per heavy atom. The van der Waals surface area contributed by atoms with Crippen molar-refractivity contribution in [1.29, 1.82) is 0 Å². The Morgan fingerprint density at radius 3 is 2.37 bits per heavy atom. The zero-order valence-electron chi connectivity index (χ0n) is 11.5. The summed E-state index contributed by atoms with van der Waals surface area (Å²) < 4.78 is 26.5. The molecule has 0 aliphatic carbocycles. The van der Waals surface area contributed by atoms with Crippen LogP contribution in [-0.4, -0.2) is 36.4 Å². The maximum Gasteiger partial charge on any atom is 0.347 e. The van der Waals surface area contributed by atoms with Crippen LogP contribution in [0.3, 0.4) is 0 Å². The summed E-state index contributed by atoms with van der Waals surface area (Å²) in [7, 11) is -3.76. The third-order valence-electron chi connectivity index (χ3n) is 2.53. The van der Waals surface area contributed by atoms with Crippen molar-refractivity contribution in [3.05, 3.63) is 16.3 Å². The Hall–Kier alpha value is -0.920. The lowest BCUT2D eigenvalue weighted by Gasteiger charge is -2.27. The molecule has 0 radical (unpaired) electrons. The lowest BCUT2D eigenvalue weighted by atomic mass is 10.2. The van der Waals surface area contributed by atoms with Crippen LogP contribution in [0.25, 0.3) is 0 Å². The van der Waals surface area contributed by atoms with Crippen LogP contribution in [0.1, 0.15) is 37.4 Å². The van der Waals surface area contributed by atoms with E-state index in [4.69, 9.17) is 5.11 Å². The van der Waals surface area contributed by atoms with E-state index in [-0.39, 0.29) is 21.7 Å². The zero-order chi connectivity index (χ0) is 14.8. The predicted molar refractivity (Wildman–Crippen MR) is 75.1 cm³/mol. The van der Waals surface area contributed by atoms with Crippen LogP contribution in [0, 0.1) is 5.92 Å². The second-order valence-electron chi connectivity index (χ2n) is 4.98. The van der Waals surface area contributed by atoms with E-state index in [0.717, 1.165) is 11.3 Å². The second-order valence-corrected chi connectivity index (χ2v) is 7.76. The van der Waals surface area contributed by atoms with Gasteiger partial charge < -0.3 is 5.11 Å². The number of hydrogen-bond acceptors (Lipinski definition) is 4. The summed E-state index contributed by atoms with van der Waals surface area (Å²) in [4.78, 5) is 10.8. The lowest BCUT2D eigenvalue weighted by molar-refractivity contribution is 0.0698. The highest BCUT2D eigenvalue weighted by Crippen LogP contribution is 2.27. The predicted octanol–water partition coefficient (Wildman–Crippen LogP) is 2.50. The van der Waals surface area contributed by atoms with E-state index < -0.39 is 16.0 Å². The second kappa shape index (κ2) is 6.02. The highest BCUT2D eigenvalue weighted by molar-refractivity contribution is 7.89. The first-order valence-electron chi connectivity index (χ1n) is 6.00. The number of carbonyl (C=O) groups is 1. The van der Waals surface area contributed by atoms with Crippen LogP contribution in [0.15, 0.2) is 16.3 Å². The van der Waals surface area contributed by atoms with E-state index in [9.17, 15) is 13.2 Å². The minimum absolute atomic E-state index is 0.112. The topological polar surface area (TPSA) is 74.7 Å². The maximum atomic E-state index is 12.6. The molecule has 7 heteroatoms. The van der Waals surface area contributed by atoms with Gasteiger partial charge in [0.1, 0.15) is 9.77 Å². The van der Waals surface area contributed by atoms with Gasteiger partial charge in [0.25, 0.3) is 0 Å². The van der Waals surface area contributed by atoms with E-state index in [2.05, 4.69) is 0 Å². The SMILES string of the molecule is CC(C)CN(C(C)C)S(=O)(=O)c1ccsc1C(=O)O. The van der Waals surface area contributed by atoms with Gasteiger partial charge in [-0.25, -0.2) is 13.2 Å². The Kier molecular flexibility index (Phi) is 5.11. The number of carboxylic acids is 1. The van der Waals surface area contributed by atoms with E-state index in [1.165, 1.54) is 15.8 Å². The van der Waals surface area contributed by atoms with Crippen LogP contribution in [0.5, 0.6) is 0 Å². The van der Waals surface area contributed by atoms with Crippen LogP contribution < -0.4 is 0 Å². The Labute approximate surface area is 117 Å². The summed E-state index contributed by atoms with van der Waals surface area (Å²) in [6, 6.07) is 1.15. The summed E-state index contributed by atoms with van der Waals surface area (Å²) in [6.45, 7) is 7.79. The molecule has 0 saturated carbocycles. The molecule has 1 heterocycles. The van der Waals surface area contributed by atoms with Gasteiger partial charge in [0, 0.05) is 12.6 Å². The fourth-order valence-electron chi connectivity index (χ4n) is 1.73. The van der Waals surface area contributed by atoms with Crippen molar-refractivity contribution in [2.45, 2.75) is 38.6 Å². The molecule has 19 heavy (non-hydrogen) atoms. The molecule has 0 unspecified atom stereocenters. The smallest absolute Gasteiger partial charge is 0.347 e. The fourth-order valence-corrected chi connectivity index (χ4v) is 4.76. The number of nitrogens with zero attached hydrogens (tertiary/aromatic N) is 1. The number of rotatable bonds is 6. The molecule has 0 aliphatic rings. The number of hydrogen-bond donors (Lipinski definition) is 1. The molecular formula is C12H19NO4S2. The molecule has 0 spiro atoms. The first kappa shape index (κ1) is 16.1. The Bertz CT molecular complexity index is 546. The van der Waals surface area contributed by atoms with Crippen molar-refractivity contribution in [1.82, 2.24) is 4.31 Å². The maximum absolute atomic E-state index is 12.6. The summed E-state index contributed by atoms with van der Waals surface area (Å²) in [5.41, 5.74) is 0. The quantitative estimate of drug-likeness (QED) is 0.876. The highest BCUT2D eigenvalue weighted by Gasteiger charge is 2.32. The first-order chi connectivity index (χ1) is 8.67. The van der Waals surface area contributed by atoms with Crippen LogP contribution in [0.4, 0.5) is 0 Å². The fraction of sp³-hybridized carbons (Fsp3) is 0.583. The minimum atomic E-state index is -3.76. The molecular weight excluding hydrogens is 286 g/mol. The largest absolute Gasteiger partial charge is 0.477 e. The van der Waals surface area contributed by atoms with Crippen molar-refractivity contribution >= 4 is 27.3 Å². The van der Waals surface area contributed by atoms with Crippen molar-refractivity contribution in [3.8, 4) is 0 Å². The van der Waals surface area contributed by atoms with Crippen molar-refractivity contribution in [2.24, 2.45) is 5.92 Å². The summed E-state index contributed by atoms with van der Waals surface area (Å²) >= 11 is 0.927. The van der Waals surface area contributed by atoms with Gasteiger partial charge in [-0.05, 0) is 31.2 Å². The molecule has 0 bridgehead atoms. The number of thiophene rings is 1. The van der Waals surface area contributed by atoms with Gasteiger partial charge in [0.2, 0.25) is 10.0 Å². The van der Waals surface area contributed by atoms with E-state index >= 15 is 0 Å². The standard InChI is InChI=1S/C12H19NO4S2/c1-8(2)7-13(9(3)4)19(16,17)10-5-6-18-11(10)12(14)15/h5-6,8-9H,7H2,1-4H3,(H,14,15). The zero-order valence-corrected chi connectivity index (χ0v) is 13.1. The Balaban J connectivity index is 3.27. The van der Waals surface area contributed by atoms with Crippen molar-refractivity contribution in [3.63, 3.8) is 0 Å². The summed E-state index contributed by atoms with van der Waals surface area (Å²) in [5, 5.41) is 10.5. The number of aromatic carboxylic acids is 1.